The third kappa shape index (κ3) is 2.05. The van der Waals surface area contributed by atoms with Gasteiger partial charge in [0.2, 0.25) is 0 Å². The first-order chi connectivity index (χ1) is 10.2. The average molecular weight is 301 g/mol. The molecule has 1 saturated heterocycles. The van der Waals surface area contributed by atoms with Crippen LogP contribution in [-0.4, -0.2) is 34.6 Å². The predicted octanol–water partition coefficient (Wildman–Crippen LogP) is 2.21. The molecular formula is C15H15N3O2S. The summed E-state index contributed by atoms with van der Waals surface area (Å²) in [7, 11) is 0. The summed E-state index contributed by atoms with van der Waals surface area (Å²) in [5.41, 5.74) is 0.410. The van der Waals surface area contributed by atoms with Crippen molar-refractivity contribution in [2.45, 2.75) is 25.7 Å². The standard InChI is InChI=1S/C15H15N3O2S/c19-10-8-12(20)15(9-10)3-6-18(7-4-15)14-17-13-11(21-14)2-1-5-16-13/h1-2,5H,3-4,6-9H2. The Bertz CT molecular complexity index is 698. The summed E-state index contributed by atoms with van der Waals surface area (Å²) < 4.78 is 1.08. The van der Waals surface area contributed by atoms with E-state index in [0.29, 0.717) is 6.42 Å². The zero-order valence-electron chi connectivity index (χ0n) is 11.5. The maximum absolute atomic E-state index is 12.1. The Labute approximate surface area is 126 Å². The second-order valence-corrected chi connectivity index (χ2v) is 6.91. The molecule has 0 bridgehead atoms. The van der Waals surface area contributed by atoms with E-state index in [0.717, 1.165) is 41.4 Å². The lowest BCUT2D eigenvalue weighted by Crippen LogP contribution is -2.42. The molecule has 0 atom stereocenters. The number of hydrogen-bond donors (Lipinski definition) is 0. The Kier molecular flexibility index (Phi) is 2.82. The summed E-state index contributed by atoms with van der Waals surface area (Å²) in [5.74, 6) is 0.260. The molecular weight excluding hydrogens is 286 g/mol. The van der Waals surface area contributed by atoms with E-state index in [4.69, 9.17) is 0 Å². The van der Waals surface area contributed by atoms with Gasteiger partial charge < -0.3 is 4.90 Å². The molecule has 2 aromatic heterocycles. The number of fused-ring (bicyclic) bond motifs is 1. The molecule has 1 aliphatic carbocycles. The molecule has 21 heavy (non-hydrogen) atoms. The van der Waals surface area contributed by atoms with E-state index in [2.05, 4.69) is 14.9 Å². The van der Waals surface area contributed by atoms with Crippen LogP contribution in [0.3, 0.4) is 0 Å². The van der Waals surface area contributed by atoms with Gasteiger partial charge in [-0.05, 0) is 25.0 Å². The monoisotopic (exact) mass is 301 g/mol. The lowest BCUT2D eigenvalue weighted by atomic mass is 9.76. The van der Waals surface area contributed by atoms with Crippen LogP contribution in [0.25, 0.3) is 10.3 Å². The van der Waals surface area contributed by atoms with Crippen LogP contribution in [0.4, 0.5) is 5.13 Å². The fourth-order valence-corrected chi connectivity index (χ4v) is 4.36. The van der Waals surface area contributed by atoms with Crippen LogP contribution < -0.4 is 4.90 Å². The maximum atomic E-state index is 12.1. The number of ketones is 2. The Morgan fingerprint density at radius 2 is 2.05 bits per heavy atom. The van der Waals surface area contributed by atoms with Crippen molar-refractivity contribution in [3.8, 4) is 0 Å². The molecule has 108 valence electrons. The van der Waals surface area contributed by atoms with Crippen molar-refractivity contribution >= 4 is 38.4 Å². The summed E-state index contributed by atoms with van der Waals surface area (Å²) >= 11 is 1.64. The largest absolute Gasteiger partial charge is 0.348 e. The topological polar surface area (TPSA) is 63.2 Å². The first kappa shape index (κ1) is 12.9. The van der Waals surface area contributed by atoms with E-state index in [1.165, 1.54) is 0 Å². The SMILES string of the molecule is O=C1CC(=O)C2(CCN(c3nc4ncccc4s3)CC2)C1. The minimum Gasteiger partial charge on any atom is -0.348 e. The number of Topliss-reactive ketones (excluding diaryl/α,β-unsaturated/α-hetero) is 2. The first-order valence-electron chi connectivity index (χ1n) is 7.18. The van der Waals surface area contributed by atoms with Crippen LogP contribution in [0.2, 0.25) is 0 Å². The number of carbonyl (C=O) groups is 2. The molecule has 3 heterocycles. The van der Waals surface area contributed by atoms with Gasteiger partial charge in [0.25, 0.3) is 0 Å². The normalized spacial score (nSPS) is 21.6. The lowest BCUT2D eigenvalue weighted by molar-refractivity contribution is -0.126. The molecule has 0 radical (unpaired) electrons. The average Bonchev–Trinajstić information content (AvgIpc) is 3.02. The van der Waals surface area contributed by atoms with E-state index in [1.807, 2.05) is 12.1 Å². The van der Waals surface area contributed by atoms with Crippen LogP contribution in [0.1, 0.15) is 25.7 Å². The number of anilines is 1. The number of pyridine rings is 1. The summed E-state index contributed by atoms with van der Waals surface area (Å²) in [4.78, 5) is 34.7. The van der Waals surface area contributed by atoms with Gasteiger partial charge in [0.15, 0.2) is 10.8 Å². The van der Waals surface area contributed by atoms with Crippen LogP contribution in [0.5, 0.6) is 0 Å². The number of carbonyl (C=O) groups excluding carboxylic acids is 2. The van der Waals surface area contributed by atoms with Crippen LogP contribution >= 0.6 is 11.3 Å². The first-order valence-corrected chi connectivity index (χ1v) is 7.99. The van der Waals surface area contributed by atoms with E-state index in [1.54, 1.807) is 17.5 Å². The van der Waals surface area contributed by atoms with Crippen molar-refractivity contribution in [2.75, 3.05) is 18.0 Å². The zero-order valence-corrected chi connectivity index (χ0v) is 12.4. The number of aromatic nitrogens is 2. The Balaban J connectivity index is 1.55. The van der Waals surface area contributed by atoms with Gasteiger partial charge in [0.1, 0.15) is 11.6 Å². The molecule has 2 fully saturated rings. The molecule has 0 amide bonds. The maximum Gasteiger partial charge on any atom is 0.188 e. The van der Waals surface area contributed by atoms with E-state index in [-0.39, 0.29) is 23.4 Å². The molecule has 2 aromatic rings. The quantitative estimate of drug-likeness (QED) is 0.756. The fourth-order valence-electron chi connectivity index (χ4n) is 3.38. The van der Waals surface area contributed by atoms with Gasteiger partial charge in [0.05, 0.1) is 11.1 Å². The van der Waals surface area contributed by atoms with E-state index in [9.17, 15) is 9.59 Å². The predicted molar refractivity (Wildman–Crippen MR) is 80.5 cm³/mol. The second-order valence-electron chi connectivity index (χ2n) is 5.90. The van der Waals surface area contributed by atoms with Gasteiger partial charge in [-0.25, -0.2) is 4.98 Å². The molecule has 2 aliphatic rings. The second kappa shape index (κ2) is 4.59. The van der Waals surface area contributed by atoms with Crippen molar-refractivity contribution < 1.29 is 9.59 Å². The molecule has 4 rings (SSSR count). The van der Waals surface area contributed by atoms with Gasteiger partial charge in [-0.15, -0.1) is 0 Å². The van der Waals surface area contributed by atoms with Crippen molar-refractivity contribution in [1.82, 2.24) is 9.97 Å². The summed E-state index contributed by atoms with van der Waals surface area (Å²) in [6, 6.07) is 3.94. The van der Waals surface area contributed by atoms with Gasteiger partial charge in [-0.3, -0.25) is 9.59 Å². The number of nitrogens with zero attached hydrogens (tertiary/aromatic N) is 3. The van der Waals surface area contributed by atoms with Gasteiger partial charge in [-0.1, -0.05) is 11.3 Å². The van der Waals surface area contributed by atoms with Crippen LogP contribution in [-0.2, 0) is 9.59 Å². The van der Waals surface area contributed by atoms with E-state index >= 15 is 0 Å². The summed E-state index contributed by atoms with van der Waals surface area (Å²) in [6.07, 6.45) is 3.87. The lowest BCUT2D eigenvalue weighted by Gasteiger charge is -2.37. The third-order valence-corrected chi connectivity index (χ3v) is 5.70. The highest BCUT2D eigenvalue weighted by molar-refractivity contribution is 7.22. The zero-order chi connectivity index (χ0) is 14.4. The molecule has 5 nitrogen and oxygen atoms in total. The molecule has 0 aromatic carbocycles. The highest BCUT2D eigenvalue weighted by Gasteiger charge is 2.47. The van der Waals surface area contributed by atoms with Crippen molar-refractivity contribution in [1.29, 1.82) is 0 Å². The Morgan fingerprint density at radius 1 is 1.24 bits per heavy atom. The molecule has 1 saturated carbocycles. The minimum atomic E-state index is -0.373. The van der Waals surface area contributed by atoms with Gasteiger partial charge >= 0.3 is 0 Å². The number of thiazole rings is 1. The highest BCUT2D eigenvalue weighted by Crippen LogP contribution is 2.43. The van der Waals surface area contributed by atoms with Crippen molar-refractivity contribution in [3.63, 3.8) is 0 Å². The Morgan fingerprint density at radius 3 is 2.71 bits per heavy atom. The molecule has 6 heteroatoms. The third-order valence-electron chi connectivity index (χ3n) is 4.63. The van der Waals surface area contributed by atoms with Gasteiger partial charge in [-0.2, -0.15) is 4.98 Å². The van der Waals surface area contributed by atoms with Crippen LogP contribution in [0.15, 0.2) is 18.3 Å². The molecule has 1 aliphatic heterocycles. The number of rotatable bonds is 1. The summed E-state index contributed by atoms with van der Waals surface area (Å²) in [6.45, 7) is 1.58. The number of piperidine rings is 1. The smallest absolute Gasteiger partial charge is 0.188 e. The van der Waals surface area contributed by atoms with Crippen molar-refractivity contribution in [3.05, 3.63) is 18.3 Å². The Hall–Kier alpha value is -1.82. The van der Waals surface area contributed by atoms with Crippen LogP contribution in [0, 0.1) is 5.41 Å². The highest BCUT2D eigenvalue weighted by atomic mass is 32.1. The van der Waals surface area contributed by atoms with Gasteiger partial charge in [0, 0.05) is 31.1 Å². The number of hydrogen-bond acceptors (Lipinski definition) is 6. The molecule has 0 unspecified atom stereocenters. The van der Waals surface area contributed by atoms with Crippen molar-refractivity contribution in [2.24, 2.45) is 5.41 Å². The molecule has 1 spiro atoms. The molecule has 0 N–H and O–H groups in total. The fraction of sp³-hybridized carbons (Fsp3) is 0.467. The minimum absolute atomic E-state index is 0.109. The summed E-state index contributed by atoms with van der Waals surface area (Å²) in [5, 5.41) is 0.968. The van der Waals surface area contributed by atoms with E-state index < -0.39 is 0 Å².